The smallest absolute Gasteiger partial charge is 0.366 e. The number of H-pyrrole nitrogens is 1. The van der Waals surface area contributed by atoms with Crippen LogP contribution in [0.25, 0.3) is 0 Å². The minimum Gasteiger partial charge on any atom is -0.366 e. The first-order valence-electron chi connectivity index (χ1n) is 13.3. The molecule has 0 spiro atoms. The molecular weight excluding hydrogens is 575 g/mol. The Morgan fingerprint density at radius 2 is 2.00 bits per heavy atom. The van der Waals surface area contributed by atoms with Crippen molar-refractivity contribution in [2.45, 2.75) is 73.4 Å². The van der Waals surface area contributed by atoms with Crippen LogP contribution in [0.4, 0.5) is 13.2 Å². The molecule has 1 aromatic rings. The van der Waals surface area contributed by atoms with Crippen molar-refractivity contribution in [2.75, 3.05) is 26.7 Å². The molecule has 2 amide bonds. The maximum atomic E-state index is 13.4. The van der Waals surface area contributed by atoms with Crippen LogP contribution >= 0.6 is 23.4 Å². The normalized spacial score (nSPS) is 36.4. The molecule has 4 saturated heterocycles. The van der Waals surface area contributed by atoms with E-state index >= 15 is 0 Å². The summed E-state index contributed by atoms with van der Waals surface area (Å²) in [6, 6.07) is -0.154. The number of aromatic nitrogens is 2. The maximum absolute atomic E-state index is 13.4. The number of carbonyl (C=O) groups excluding carboxylic acids is 2. The van der Waals surface area contributed by atoms with Gasteiger partial charge in [-0.15, -0.1) is 11.8 Å². The van der Waals surface area contributed by atoms with Crippen LogP contribution in [0, 0.1) is 11.8 Å². The molecule has 16 heteroatoms. The second-order valence-corrected chi connectivity index (χ2v) is 12.6. The van der Waals surface area contributed by atoms with Gasteiger partial charge in [-0.25, -0.2) is 5.10 Å². The number of amides is 2. The highest BCUT2D eigenvalue weighted by Crippen LogP contribution is 2.37. The Hall–Kier alpha value is -1.91. The van der Waals surface area contributed by atoms with E-state index in [0.717, 1.165) is 0 Å². The van der Waals surface area contributed by atoms with Crippen molar-refractivity contribution in [1.82, 2.24) is 36.4 Å². The van der Waals surface area contributed by atoms with Crippen LogP contribution in [-0.4, -0.2) is 94.9 Å². The molecular formula is C24H33ClF3N7O4S. The topological polar surface area (TPSA) is 140 Å². The number of thioether (sulfide) groups is 1. The monoisotopic (exact) mass is 607 g/mol. The van der Waals surface area contributed by atoms with Gasteiger partial charge in [0.05, 0.1) is 11.8 Å². The van der Waals surface area contributed by atoms with Crippen LogP contribution < -0.4 is 26.8 Å². The molecule has 40 heavy (non-hydrogen) atoms. The number of alkyl halides is 3. The average molecular weight is 608 g/mol. The number of piperidine rings is 2. The fraction of sp³-hybridized carbons (Fsp3) is 0.750. The molecule has 5 rings (SSSR count). The molecule has 222 valence electrons. The van der Waals surface area contributed by atoms with E-state index < -0.39 is 30.3 Å². The SMILES string of the molecule is COC1NC(C(F)(F)F)CCC1C(=O)N1CC2NC(NC(=O)C3CNC(C)CC3c3cc(Cl)n[nH]c3=O)SC2C1. The van der Waals surface area contributed by atoms with Crippen LogP contribution in [0.2, 0.25) is 5.15 Å². The second-order valence-electron chi connectivity index (χ2n) is 10.9. The summed E-state index contributed by atoms with van der Waals surface area (Å²) >= 11 is 7.52. The second kappa shape index (κ2) is 11.8. The third-order valence-electron chi connectivity index (χ3n) is 8.31. The molecule has 1 aromatic heterocycles. The molecule has 5 heterocycles. The van der Waals surface area contributed by atoms with Crippen molar-refractivity contribution in [3.05, 3.63) is 27.1 Å². The van der Waals surface area contributed by atoms with Crippen molar-refractivity contribution < 1.29 is 27.5 Å². The highest BCUT2D eigenvalue weighted by atomic mass is 35.5. The van der Waals surface area contributed by atoms with E-state index in [9.17, 15) is 27.6 Å². The van der Waals surface area contributed by atoms with Gasteiger partial charge in [0.15, 0.2) is 0 Å². The summed E-state index contributed by atoms with van der Waals surface area (Å²) in [5.41, 5.74) is -0.318. The molecule has 0 aromatic carbocycles. The number of hydrogen-bond acceptors (Lipinski definition) is 9. The number of carbonyl (C=O) groups is 2. The van der Waals surface area contributed by atoms with Crippen molar-refractivity contribution in [1.29, 1.82) is 0 Å². The van der Waals surface area contributed by atoms with Crippen molar-refractivity contribution in [3.63, 3.8) is 0 Å². The number of aromatic amines is 1. The lowest BCUT2D eigenvalue weighted by molar-refractivity contribution is -0.183. The van der Waals surface area contributed by atoms with E-state index in [1.807, 2.05) is 6.92 Å². The van der Waals surface area contributed by atoms with Crippen molar-refractivity contribution in [2.24, 2.45) is 11.8 Å². The van der Waals surface area contributed by atoms with Crippen molar-refractivity contribution >= 4 is 35.2 Å². The molecule has 0 bridgehead atoms. The molecule has 4 fully saturated rings. The summed E-state index contributed by atoms with van der Waals surface area (Å²) < 4.78 is 44.7. The zero-order valence-electron chi connectivity index (χ0n) is 22.0. The van der Waals surface area contributed by atoms with Gasteiger partial charge in [-0.2, -0.15) is 18.3 Å². The third kappa shape index (κ3) is 6.14. The number of halogens is 4. The number of nitrogens with one attached hydrogen (secondary N) is 5. The Balaban J connectivity index is 1.17. The minimum absolute atomic E-state index is 0.0110. The molecule has 4 aliphatic rings. The van der Waals surface area contributed by atoms with E-state index in [2.05, 4.69) is 31.5 Å². The van der Waals surface area contributed by atoms with Gasteiger partial charge in [0.1, 0.15) is 22.9 Å². The zero-order valence-corrected chi connectivity index (χ0v) is 23.5. The van der Waals surface area contributed by atoms with E-state index in [1.165, 1.54) is 24.9 Å². The van der Waals surface area contributed by atoms with Gasteiger partial charge in [-0.1, -0.05) is 11.6 Å². The Morgan fingerprint density at radius 1 is 1.23 bits per heavy atom. The number of fused-ring (bicyclic) bond motifs is 1. The predicted octanol–water partition coefficient (Wildman–Crippen LogP) is 0.724. The first-order chi connectivity index (χ1) is 18.9. The lowest BCUT2D eigenvalue weighted by atomic mass is 9.79. The molecule has 0 aliphatic carbocycles. The number of nitrogens with zero attached hydrogens (tertiary/aromatic N) is 2. The summed E-state index contributed by atoms with van der Waals surface area (Å²) in [6.45, 7) is 3.19. The molecule has 0 radical (unpaired) electrons. The quantitative estimate of drug-likeness (QED) is 0.328. The van der Waals surface area contributed by atoms with E-state index in [1.54, 1.807) is 4.90 Å². The molecule has 0 saturated carbocycles. The lowest BCUT2D eigenvalue weighted by Gasteiger charge is -2.38. The summed E-state index contributed by atoms with van der Waals surface area (Å²) in [5.74, 6) is -1.98. The number of likely N-dealkylation sites (tertiary alicyclic amines) is 1. The summed E-state index contributed by atoms with van der Waals surface area (Å²) in [7, 11) is 1.30. The summed E-state index contributed by atoms with van der Waals surface area (Å²) in [4.78, 5) is 40.8. The molecule has 9 unspecified atom stereocenters. The fourth-order valence-electron chi connectivity index (χ4n) is 6.23. The van der Waals surface area contributed by atoms with Gasteiger partial charge in [-0.3, -0.25) is 25.0 Å². The van der Waals surface area contributed by atoms with Gasteiger partial charge in [0.2, 0.25) is 11.8 Å². The number of rotatable bonds is 5. The van der Waals surface area contributed by atoms with Gasteiger partial charge in [0, 0.05) is 55.6 Å². The first kappa shape index (κ1) is 29.6. The highest BCUT2D eigenvalue weighted by Gasteiger charge is 2.50. The van der Waals surface area contributed by atoms with E-state index in [4.69, 9.17) is 16.3 Å². The largest absolute Gasteiger partial charge is 0.403 e. The Bertz CT molecular complexity index is 1160. The summed E-state index contributed by atoms with van der Waals surface area (Å²) in [6.07, 6.45) is -4.93. The van der Waals surface area contributed by atoms with Gasteiger partial charge >= 0.3 is 6.18 Å². The standard InChI is InChI=1S/C24H33ClF3N7O4S/c1-10-5-12(13-6-18(25)33-34-20(13)37)14(7-29-10)19(36)32-23-30-15-8-35(9-16(15)40-23)22(38)11-3-4-17(24(26,27)28)31-21(11)39-2/h6,10-12,14-17,21,23,29-31H,3-5,7-9H2,1-2H3,(H,32,36)(H,34,37). The van der Waals surface area contributed by atoms with Crippen molar-refractivity contribution in [3.8, 4) is 0 Å². The molecule has 4 aliphatic heterocycles. The van der Waals surface area contributed by atoms with Crippen LogP contribution in [0.3, 0.4) is 0 Å². The van der Waals surface area contributed by atoms with Crippen LogP contribution in [0.1, 0.15) is 37.7 Å². The number of hydrogen-bond donors (Lipinski definition) is 5. The first-order valence-corrected chi connectivity index (χ1v) is 14.6. The van der Waals surface area contributed by atoms with Gasteiger partial charge in [-0.05, 0) is 32.3 Å². The average Bonchev–Trinajstić information content (AvgIpc) is 3.47. The Kier molecular flexibility index (Phi) is 8.70. The molecule has 9 atom stereocenters. The van der Waals surface area contributed by atoms with Gasteiger partial charge in [0.25, 0.3) is 5.56 Å². The maximum Gasteiger partial charge on any atom is 0.403 e. The minimum atomic E-state index is -4.40. The van der Waals surface area contributed by atoms with Crippen LogP contribution in [0.15, 0.2) is 10.9 Å². The highest BCUT2D eigenvalue weighted by molar-refractivity contribution is 8.00. The number of ether oxygens (including phenoxy) is 1. The van der Waals surface area contributed by atoms with Crippen LogP contribution in [-0.2, 0) is 14.3 Å². The summed E-state index contributed by atoms with van der Waals surface area (Å²) in [5, 5.41) is 18.4. The Labute approximate surface area is 238 Å². The van der Waals surface area contributed by atoms with Gasteiger partial charge < -0.3 is 20.3 Å². The fourth-order valence-corrected chi connectivity index (χ4v) is 7.80. The number of methoxy groups -OCH3 is 1. The molecule has 5 N–H and O–H groups in total. The Morgan fingerprint density at radius 3 is 2.70 bits per heavy atom. The van der Waals surface area contributed by atoms with E-state index in [0.29, 0.717) is 31.6 Å². The predicted molar refractivity (Wildman–Crippen MR) is 141 cm³/mol. The van der Waals surface area contributed by atoms with Crippen LogP contribution in [0.5, 0.6) is 0 Å². The lowest BCUT2D eigenvalue weighted by Crippen LogP contribution is -2.58. The molecule has 11 nitrogen and oxygen atoms in total. The third-order valence-corrected chi connectivity index (χ3v) is 9.85. The zero-order chi connectivity index (χ0) is 28.8. The van der Waals surface area contributed by atoms with E-state index in [-0.39, 0.29) is 64.1 Å².